The number of likely N-dealkylation sites (N-methyl/N-ethyl adjacent to an activating group) is 1. The zero-order chi connectivity index (χ0) is 13.9. The van der Waals surface area contributed by atoms with E-state index in [4.69, 9.17) is 0 Å². The van der Waals surface area contributed by atoms with Gasteiger partial charge in [0.05, 0.1) is 0 Å². The summed E-state index contributed by atoms with van der Waals surface area (Å²) in [6, 6.07) is -0.842. The van der Waals surface area contributed by atoms with Gasteiger partial charge >= 0.3 is 6.03 Å². The van der Waals surface area contributed by atoms with Gasteiger partial charge in [0.2, 0.25) is 17.7 Å². The summed E-state index contributed by atoms with van der Waals surface area (Å²) < 4.78 is 0. The molecule has 1 fully saturated rings. The second kappa shape index (κ2) is 5.16. The van der Waals surface area contributed by atoms with Crippen molar-refractivity contribution in [2.45, 2.75) is 26.7 Å². The Morgan fingerprint density at radius 2 is 1.83 bits per heavy atom. The third kappa shape index (κ3) is 2.07. The van der Waals surface area contributed by atoms with E-state index in [-0.39, 0.29) is 19.4 Å². The normalized spacial score (nSPS) is 18.6. The minimum absolute atomic E-state index is 0.283. The van der Waals surface area contributed by atoms with E-state index >= 15 is 0 Å². The first kappa shape index (κ1) is 14.1. The number of carbonyl (C=O) groups is 4. The Labute approximate surface area is 105 Å². The minimum atomic E-state index is -1.25. The number of imide groups is 2. The SMILES string of the molecule is CCC1(CC)C(=O)NC(=O)N(CC(=O)NC)C1=O. The predicted octanol–water partition coefficient (Wildman–Crippen LogP) is -0.383. The molecule has 0 aromatic carbocycles. The lowest BCUT2D eigenvalue weighted by Gasteiger charge is -2.37. The first-order valence-electron chi connectivity index (χ1n) is 5.80. The number of nitrogens with one attached hydrogen (secondary N) is 2. The standard InChI is InChI=1S/C11H17N3O4/c1-4-11(5-2)8(16)13-10(18)14(9(11)17)6-7(15)12-3/h4-6H2,1-3H3,(H,12,15)(H,13,16,18). The molecule has 0 aromatic heterocycles. The van der Waals surface area contributed by atoms with E-state index in [1.807, 2.05) is 0 Å². The zero-order valence-corrected chi connectivity index (χ0v) is 10.7. The van der Waals surface area contributed by atoms with Gasteiger partial charge in [-0.2, -0.15) is 0 Å². The number of hydrogen-bond donors (Lipinski definition) is 2. The molecule has 1 heterocycles. The summed E-state index contributed by atoms with van der Waals surface area (Å²) in [6.07, 6.45) is 0.567. The number of urea groups is 1. The van der Waals surface area contributed by atoms with Crippen LogP contribution in [0.4, 0.5) is 4.79 Å². The number of rotatable bonds is 4. The van der Waals surface area contributed by atoms with Crippen molar-refractivity contribution in [2.75, 3.05) is 13.6 Å². The molecule has 1 aliphatic rings. The Kier molecular flexibility index (Phi) is 4.05. The maximum Gasteiger partial charge on any atom is 0.331 e. The van der Waals surface area contributed by atoms with Gasteiger partial charge in [-0.05, 0) is 12.8 Å². The monoisotopic (exact) mass is 255 g/mol. The number of amides is 5. The number of barbiturate groups is 1. The highest BCUT2D eigenvalue weighted by atomic mass is 16.2. The quantitative estimate of drug-likeness (QED) is 0.669. The van der Waals surface area contributed by atoms with Crippen LogP contribution in [0.25, 0.3) is 0 Å². The lowest BCUT2D eigenvalue weighted by atomic mass is 9.78. The second-order valence-corrected chi connectivity index (χ2v) is 4.11. The van der Waals surface area contributed by atoms with Crippen molar-refractivity contribution < 1.29 is 19.2 Å². The molecule has 5 amide bonds. The third-order valence-electron chi connectivity index (χ3n) is 3.34. The van der Waals surface area contributed by atoms with Crippen molar-refractivity contribution in [2.24, 2.45) is 5.41 Å². The molecule has 7 heteroatoms. The third-order valence-corrected chi connectivity index (χ3v) is 3.34. The van der Waals surface area contributed by atoms with Gasteiger partial charge in [-0.3, -0.25) is 24.6 Å². The molecule has 0 spiro atoms. The van der Waals surface area contributed by atoms with Gasteiger partial charge in [0.15, 0.2) is 0 Å². The molecule has 100 valence electrons. The fraction of sp³-hybridized carbons (Fsp3) is 0.636. The first-order valence-corrected chi connectivity index (χ1v) is 5.80. The summed E-state index contributed by atoms with van der Waals surface area (Å²) in [5, 5.41) is 4.46. The molecular weight excluding hydrogens is 238 g/mol. The van der Waals surface area contributed by atoms with Crippen LogP contribution in [0.3, 0.4) is 0 Å². The average molecular weight is 255 g/mol. The van der Waals surface area contributed by atoms with E-state index in [0.717, 1.165) is 4.90 Å². The Hall–Kier alpha value is -1.92. The molecule has 18 heavy (non-hydrogen) atoms. The Morgan fingerprint density at radius 3 is 2.28 bits per heavy atom. The predicted molar refractivity (Wildman–Crippen MR) is 62.3 cm³/mol. The van der Waals surface area contributed by atoms with E-state index < -0.39 is 29.2 Å². The van der Waals surface area contributed by atoms with Gasteiger partial charge in [0.1, 0.15) is 12.0 Å². The van der Waals surface area contributed by atoms with Crippen LogP contribution in [0.5, 0.6) is 0 Å². The topological polar surface area (TPSA) is 95.6 Å². The Bertz CT molecular complexity index is 401. The van der Waals surface area contributed by atoms with Crippen LogP contribution < -0.4 is 10.6 Å². The molecule has 0 saturated carbocycles. The van der Waals surface area contributed by atoms with Crippen LogP contribution in [0.15, 0.2) is 0 Å². The van der Waals surface area contributed by atoms with E-state index in [1.165, 1.54) is 7.05 Å². The summed E-state index contributed by atoms with van der Waals surface area (Å²) >= 11 is 0. The molecule has 2 N–H and O–H groups in total. The summed E-state index contributed by atoms with van der Waals surface area (Å²) in [6.45, 7) is 3.03. The van der Waals surface area contributed by atoms with Crippen molar-refractivity contribution >= 4 is 23.8 Å². The van der Waals surface area contributed by atoms with Gasteiger partial charge in [-0.25, -0.2) is 4.79 Å². The van der Waals surface area contributed by atoms with Crippen LogP contribution in [0, 0.1) is 5.41 Å². The van der Waals surface area contributed by atoms with Crippen molar-refractivity contribution in [1.29, 1.82) is 0 Å². The van der Waals surface area contributed by atoms with E-state index in [0.29, 0.717) is 0 Å². The van der Waals surface area contributed by atoms with Crippen LogP contribution in [-0.4, -0.2) is 42.2 Å². The van der Waals surface area contributed by atoms with Crippen molar-refractivity contribution in [3.63, 3.8) is 0 Å². The maximum absolute atomic E-state index is 12.2. The maximum atomic E-state index is 12.2. The molecule has 1 rings (SSSR count). The number of nitrogens with zero attached hydrogens (tertiary/aromatic N) is 1. The van der Waals surface area contributed by atoms with Crippen LogP contribution >= 0.6 is 0 Å². The lowest BCUT2D eigenvalue weighted by Crippen LogP contribution is -2.64. The van der Waals surface area contributed by atoms with Gasteiger partial charge < -0.3 is 5.32 Å². The van der Waals surface area contributed by atoms with E-state index in [9.17, 15) is 19.2 Å². The Morgan fingerprint density at radius 1 is 1.28 bits per heavy atom. The summed E-state index contributed by atoms with van der Waals surface area (Å²) in [5.41, 5.74) is -1.25. The Balaban J connectivity index is 3.06. The fourth-order valence-corrected chi connectivity index (χ4v) is 1.97. The molecular formula is C11H17N3O4. The van der Waals surface area contributed by atoms with Gasteiger partial charge in [0, 0.05) is 7.05 Å². The molecule has 1 aliphatic heterocycles. The van der Waals surface area contributed by atoms with E-state index in [1.54, 1.807) is 13.8 Å². The molecule has 0 unspecified atom stereocenters. The van der Waals surface area contributed by atoms with Crippen molar-refractivity contribution in [3.05, 3.63) is 0 Å². The number of hydrogen-bond acceptors (Lipinski definition) is 4. The van der Waals surface area contributed by atoms with Gasteiger partial charge in [-0.1, -0.05) is 13.8 Å². The van der Waals surface area contributed by atoms with Crippen molar-refractivity contribution in [3.8, 4) is 0 Å². The van der Waals surface area contributed by atoms with Crippen LogP contribution in [0.1, 0.15) is 26.7 Å². The largest absolute Gasteiger partial charge is 0.358 e. The molecule has 0 aliphatic carbocycles. The minimum Gasteiger partial charge on any atom is -0.358 e. The fourth-order valence-electron chi connectivity index (χ4n) is 1.97. The highest BCUT2D eigenvalue weighted by Crippen LogP contribution is 2.32. The van der Waals surface area contributed by atoms with Gasteiger partial charge in [-0.15, -0.1) is 0 Å². The van der Waals surface area contributed by atoms with Crippen LogP contribution in [0.2, 0.25) is 0 Å². The second-order valence-electron chi connectivity index (χ2n) is 4.11. The first-order chi connectivity index (χ1) is 8.42. The highest BCUT2D eigenvalue weighted by molar-refractivity contribution is 6.19. The summed E-state index contributed by atoms with van der Waals surface area (Å²) in [5.74, 6) is -1.66. The highest BCUT2D eigenvalue weighted by Gasteiger charge is 2.51. The molecule has 0 aromatic rings. The molecule has 0 bridgehead atoms. The zero-order valence-electron chi connectivity index (χ0n) is 10.7. The van der Waals surface area contributed by atoms with Crippen molar-refractivity contribution in [1.82, 2.24) is 15.5 Å². The average Bonchev–Trinajstić information content (AvgIpc) is 2.35. The molecule has 0 radical (unpaired) electrons. The lowest BCUT2D eigenvalue weighted by molar-refractivity contribution is -0.153. The smallest absolute Gasteiger partial charge is 0.331 e. The summed E-state index contributed by atoms with van der Waals surface area (Å²) in [4.78, 5) is 47.7. The molecule has 1 saturated heterocycles. The van der Waals surface area contributed by atoms with Crippen LogP contribution in [-0.2, 0) is 14.4 Å². The van der Waals surface area contributed by atoms with Gasteiger partial charge in [0.25, 0.3) is 0 Å². The van der Waals surface area contributed by atoms with E-state index in [2.05, 4.69) is 10.6 Å². The number of carbonyl (C=O) groups excluding carboxylic acids is 4. The summed E-state index contributed by atoms with van der Waals surface area (Å²) in [7, 11) is 1.41. The molecule has 0 atom stereocenters. The molecule has 7 nitrogen and oxygen atoms in total.